The first-order valence-electron chi connectivity index (χ1n) is 9.96. The Morgan fingerprint density at radius 3 is 2.12 bits per heavy atom. The number of hydrogen-bond acceptors (Lipinski definition) is 9. The Bertz CT molecular complexity index is 1060. The molecule has 0 fully saturated rings. The van der Waals surface area contributed by atoms with E-state index in [1.807, 2.05) is 0 Å². The molecule has 3 atom stereocenters. The highest BCUT2D eigenvalue weighted by Gasteiger charge is 2.50. The largest absolute Gasteiger partial charge is 0.493 e. The topological polar surface area (TPSA) is 110 Å². The van der Waals surface area contributed by atoms with Crippen LogP contribution in [0.3, 0.4) is 0 Å². The average molecular weight is 444 g/mol. The van der Waals surface area contributed by atoms with E-state index in [1.165, 1.54) is 35.0 Å². The minimum atomic E-state index is -1.80. The molecule has 0 radical (unpaired) electrons. The maximum Gasteiger partial charge on any atom is 0.308 e. The number of ether oxygens (including phenoxy) is 6. The van der Waals surface area contributed by atoms with E-state index in [1.54, 1.807) is 24.3 Å². The van der Waals surface area contributed by atoms with Crippen LogP contribution >= 0.6 is 0 Å². The first kappa shape index (κ1) is 21.8. The second kappa shape index (κ2) is 7.90. The van der Waals surface area contributed by atoms with Gasteiger partial charge in [-0.25, -0.2) is 0 Å². The summed E-state index contributed by atoms with van der Waals surface area (Å²) in [6.07, 6.45) is 0. The molecular formula is C23H24O9. The van der Waals surface area contributed by atoms with Gasteiger partial charge in [-0.3, -0.25) is 9.59 Å². The number of rotatable bonds is 5. The molecule has 9 nitrogen and oxygen atoms in total. The summed E-state index contributed by atoms with van der Waals surface area (Å²) in [5, 5.41) is 11.1. The fraction of sp³-hybridized carbons (Fsp3) is 0.391. The Morgan fingerprint density at radius 2 is 1.59 bits per heavy atom. The molecule has 4 rings (SSSR count). The number of ketones is 1. The van der Waals surface area contributed by atoms with Crippen LogP contribution < -0.4 is 28.4 Å². The predicted octanol–water partition coefficient (Wildman–Crippen LogP) is 2.80. The number of hydrogen-bond donors (Lipinski definition) is 1. The van der Waals surface area contributed by atoms with Crippen molar-refractivity contribution in [1.29, 1.82) is 0 Å². The van der Waals surface area contributed by atoms with Gasteiger partial charge in [-0.2, -0.15) is 0 Å². The molecule has 0 aliphatic carbocycles. The number of Topliss-reactive ketones (excluding diaryl/α,β-unsaturated/α-hetero) is 1. The minimum Gasteiger partial charge on any atom is -0.493 e. The molecule has 1 N–H and O–H groups in total. The van der Waals surface area contributed by atoms with Crippen molar-refractivity contribution in [1.82, 2.24) is 0 Å². The van der Waals surface area contributed by atoms with E-state index in [0.717, 1.165) is 0 Å². The summed E-state index contributed by atoms with van der Waals surface area (Å²) < 4.78 is 33.0. The highest BCUT2D eigenvalue weighted by Crippen LogP contribution is 2.53. The van der Waals surface area contributed by atoms with Crippen molar-refractivity contribution < 1.29 is 43.1 Å². The fourth-order valence-electron chi connectivity index (χ4n) is 4.35. The number of methoxy groups -OCH3 is 2. The third-order valence-electron chi connectivity index (χ3n) is 5.59. The molecule has 2 heterocycles. The lowest BCUT2D eigenvalue weighted by molar-refractivity contribution is -0.181. The Labute approximate surface area is 184 Å². The van der Waals surface area contributed by atoms with Gasteiger partial charge >= 0.3 is 5.97 Å². The lowest BCUT2D eigenvalue weighted by Crippen LogP contribution is -2.50. The number of carbonyl (C=O) groups is 2. The van der Waals surface area contributed by atoms with E-state index in [9.17, 15) is 14.7 Å². The van der Waals surface area contributed by atoms with Crippen molar-refractivity contribution in [2.45, 2.75) is 32.5 Å². The molecule has 0 amide bonds. The Balaban J connectivity index is 1.96. The maximum absolute atomic E-state index is 12.7. The van der Waals surface area contributed by atoms with Crippen LogP contribution in [0.5, 0.6) is 34.5 Å². The summed E-state index contributed by atoms with van der Waals surface area (Å²) >= 11 is 0. The highest BCUT2D eigenvalue weighted by molar-refractivity contribution is 5.82. The smallest absolute Gasteiger partial charge is 0.308 e. The minimum absolute atomic E-state index is 0.0636. The Morgan fingerprint density at radius 1 is 1.00 bits per heavy atom. The van der Waals surface area contributed by atoms with Gasteiger partial charge in [0.2, 0.25) is 18.3 Å². The van der Waals surface area contributed by atoms with E-state index in [2.05, 4.69) is 0 Å². The monoisotopic (exact) mass is 444 g/mol. The van der Waals surface area contributed by atoms with Gasteiger partial charge in [0.25, 0.3) is 0 Å². The van der Waals surface area contributed by atoms with Crippen LogP contribution in [0.15, 0.2) is 24.3 Å². The quantitative estimate of drug-likeness (QED) is 0.550. The van der Waals surface area contributed by atoms with Gasteiger partial charge in [-0.1, -0.05) is 0 Å². The molecular weight excluding hydrogens is 420 g/mol. The van der Waals surface area contributed by atoms with E-state index in [-0.39, 0.29) is 29.8 Å². The molecule has 0 bridgehead atoms. The molecule has 170 valence electrons. The molecule has 0 spiro atoms. The van der Waals surface area contributed by atoms with E-state index < -0.39 is 23.6 Å². The van der Waals surface area contributed by atoms with Crippen molar-refractivity contribution in [2.75, 3.05) is 21.0 Å². The number of esters is 1. The van der Waals surface area contributed by atoms with Gasteiger partial charge in [0.15, 0.2) is 23.0 Å². The van der Waals surface area contributed by atoms with Crippen LogP contribution in [-0.4, -0.2) is 43.7 Å². The second-order valence-electron chi connectivity index (χ2n) is 7.81. The molecule has 9 heteroatoms. The summed E-state index contributed by atoms with van der Waals surface area (Å²) in [5.41, 5.74) is 1.23. The van der Waals surface area contributed by atoms with Crippen LogP contribution in [0.25, 0.3) is 0 Å². The van der Waals surface area contributed by atoms with Crippen molar-refractivity contribution in [3.8, 4) is 34.5 Å². The fourth-order valence-corrected chi connectivity index (χ4v) is 4.35. The summed E-state index contributed by atoms with van der Waals surface area (Å²) in [5.74, 6) is -2.24. The third-order valence-corrected chi connectivity index (χ3v) is 5.59. The molecule has 0 unspecified atom stereocenters. The van der Waals surface area contributed by atoms with Crippen LogP contribution in [0.4, 0.5) is 0 Å². The molecule has 2 aliphatic rings. The number of carbonyl (C=O) groups excluding carboxylic acids is 2. The van der Waals surface area contributed by atoms with Gasteiger partial charge in [-0.15, -0.1) is 0 Å². The van der Waals surface area contributed by atoms with Crippen LogP contribution in [0, 0.1) is 5.92 Å². The zero-order chi connectivity index (χ0) is 23.2. The molecule has 2 aliphatic heterocycles. The van der Waals surface area contributed by atoms with Crippen molar-refractivity contribution in [3.63, 3.8) is 0 Å². The normalized spacial score (nSPS) is 23.1. The van der Waals surface area contributed by atoms with E-state index in [0.29, 0.717) is 28.4 Å². The van der Waals surface area contributed by atoms with Gasteiger partial charge in [0.1, 0.15) is 11.5 Å². The van der Waals surface area contributed by atoms with Gasteiger partial charge in [-0.05, 0) is 30.7 Å². The first-order chi connectivity index (χ1) is 15.2. The molecule has 2 aromatic rings. The zero-order valence-electron chi connectivity index (χ0n) is 18.4. The maximum atomic E-state index is 12.7. The molecule has 2 aromatic carbocycles. The molecule has 32 heavy (non-hydrogen) atoms. The van der Waals surface area contributed by atoms with Gasteiger partial charge in [0, 0.05) is 31.4 Å². The number of fused-ring (bicyclic) bond motifs is 2. The third kappa shape index (κ3) is 3.58. The molecule has 0 saturated carbocycles. The standard InChI is InChI=1S/C23H24O9/c1-11(24)21-20(13-6-18(27-4)22(31-12(2)25)19(7-13)28-5)14-8-16-17(30-10-29-16)9-15(14)32-23(21,3)26/h6-9,20-21,26H,10H2,1-5H3/t20-,21-,23-/m1/s1. The summed E-state index contributed by atoms with van der Waals surface area (Å²) in [7, 11) is 2.86. The van der Waals surface area contributed by atoms with Crippen LogP contribution in [0.2, 0.25) is 0 Å². The molecule has 0 saturated heterocycles. The Kier molecular flexibility index (Phi) is 5.37. The average Bonchev–Trinajstić information content (AvgIpc) is 3.17. The van der Waals surface area contributed by atoms with Gasteiger partial charge < -0.3 is 33.5 Å². The van der Waals surface area contributed by atoms with Gasteiger partial charge in [0.05, 0.1) is 20.1 Å². The lowest BCUT2D eigenvalue weighted by Gasteiger charge is -2.42. The van der Waals surface area contributed by atoms with Crippen LogP contribution in [-0.2, 0) is 9.59 Å². The number of benzene rings is 2. The highest BCUT2D eigenvalue weighted by atomic mass is 16.7. The summed E-state index contributed by atoms with van der Waals surface area (Å²) in [6, 6.07) is 6.68. The summed E-state index contributed by atoms with van der Waals surface area (Å²) in [6.45, 7) is 4.18. The summed E-state index contributed by atoms with van der Waals surface area (Å²) in [4.78, 5) is 24.3. The number of aliphatic hydroxyl groups is 1. The SMILES string of the molecule is COc1cc([C@@H]2c3cc4c(cc3O[C@@](C)(O)[C@@H]2C(C)=O)OCO4)cc(OC)c1OC(C)=O. The first-order valence-corrected chi connectivity index (χ1v) is 9.96. The predicted molar refractivity (Wildman–Crippen MR) is 111 cm³/mol. The zero-order valence-corrected chi connectivity index (χ0v) is 18.4. The van der Waals surface area contributed by atoms with E-state index in [4.69, 9.17) is 28.4 Å². The van der Waals surface area contributed by atoms with Crippen molar-refractivity contribution in [2.24, 2.45) is 5.92 Å². The van der Waals surface area contributed by atoms with Crippen molar-refractivity contribution >= 4 is 11.8 Å². The van der Waals surface area contributed by atoms with Crippen LogP contribution in [0.1, 0.15) is 37.8 Å². The second-order valence-corrected chi connectivity index (χ2v) is 7.81. The Hall–Kier alpha value is -3.46. The van der Waals surface area contributed by atoms with Crippen molar-refractivity contribution in [3.05, 3.63) is 35.4 Å². The lowest BCUT2D eigenvalue weighted by atomic mass is 9.72. The molecule has 0 aromatic heterocycles. The van der Waals surface area contributed by atoms with E-state index >= 15 is 0 Å².